The van der Waals surface area contributed by atoms with Crippen molar-refractivity contribution in [2.75, 3.05) is 6.54 Å². The molecule has 24 heavy (non-hydrogen) atoms. The second-order valence-electron chi connectivity index (χ2n) is 7.43. The molecule has 0 aliphatic carbocycles. The molecular weight excluding hydrogens is 308 g/mol. The molecule has 2 atom stereocenters. The van der Waals surface area contributed by atoms with Crippen LogP contribution in [0.25, 0.3) is 0 Å². The number of urea groups is 1. The summed E-state index contributed by atoms with van der Waals surface area (Å²) in [6, 6.07) is -1.51. The number of amides is 3. The molecular formula is C17H34N4O3. The van der Waals surface area contributed by atoms with Crippen molar-refractivity contribution in [3.8, 4) is 0 Å². The van der Waals surface area contributed by atoms with Gasteiger partial charge in [0, 0.05) is 18.5 Å². The maximum Gasteiger partial charge on any atom is 0.312 e. The number of carbonyl (C=O) groups is 3. The Morgan fingerprint density at radius 2 is 1.71 bits per heavy atom. The largest absolute Gasteiger partial charge is 0.352 e. The Labute approximate surface area is 145 Å². The molecule has 2 unspecified atom stereocenters. The van der Waals surface area contributed by atoms with Gasteiger partial charge in [-0.25, -0.2) is 4.79 Å². The third-order valence-corrected chi connectivity index (χ3v) is 3.56. The molecule has 0 saturated carbocycles. The molecule has 0 rings (SSSR count). The average Bonchev–Trinajstić information content (AvgIpc) is 2.45. The number of hydrogen-bond acceptors (Lipinski definition) is 4. The van der Waals surface area contributed by atoms with Gasteiger partial charge >= 0.3 is 6.03 Å². The summed E-state index contributed by atoms with van der Waals surface area (Å²) in [5.74, 6) is -0.0894. The molecule has 0 heterocycles. The van der Waals surface area contributed by atoms with Crippen LogP contribution in [-0.2, 0) is 9.59 Å². The second kappa shape index (κ2) is 10.3. The van der Waals surface area contributed by atoms with Gasteiger partial charge in [0.25, 0.3) is 0 Å². The molecule has 0 aromatic carbocycles. The Kier molecular flexibility index (Phi) is 9.58. The van der Waals surface area contributed by atoms with E-state index in [0.29, 0.717) is 25.8 Å². The van der Waals surface area contributed by atoms with Crippen molar-refractivity contribution in [3.63, 3.8) is 0 Å². The highest BCUT2D eigenvalue weighted by Crippen LogP contribution is 2.10. The van der Waals surface area contributed by atoms with Gasteiger partial charge in [-0.2, -0.15) is 0 Å². The van der Waals surface area contributed by atoms with Crippen LogP contribution < -0.4 is 21.7 Å². The number of primary amides is 1. The van der Waals surface area contributed by atoms with Crippen molar-refractivity contribution < 1.29 is 14.4 Å². The zero-order valence-corrected chi connectivity index (χ0v) is 15.9. The van der Waals surface area contributed by atoms with Crippen molar-refractivity contribution in [1.29, 1.82) is 0 Å². The van der Waals surface area contributed by atoms with Gasteiger partial charge < -0.3 is 21.7 Å². The lowest BCUT2D eigenvalue weighted by Gasteiger charge is -2.31. The van der Waals surface area contributed by atoms with E-state index in [0.717, 1.165) is 0 Å². The van der Waals surface area contributed by atoms with Crippen LogP contribution in [0.4, 0.5) is 4.79 Å². The van der Waals surface area contributed by atoms with E-state index in [4.69, 9.17) is 5.73 Å². The van der Waals surface area contributed by atoms with Crippen LogP contribution in [0.2, 0.25) is 0 Å². The lowest BCUT2D eigenvalue weighted by molar-refractivity contribution is -0.130. The molecule has 0 bridgehead atoms. The average molecular weight is 342 g/mol. The fourth-order valence-electron chi connectivity index (χ4n) is 2.34. The van der Waals surface area contributed by atoms with Crippen LogP contribution in [0, 0.1) is 5.92 Å². The smallest absolute Gasteiger partial charge is 0.312 e. The van der Waals surface area contributed by atoms with Crippen molar-refractivity contribution in [2.45, 2.75) is 78.4 Å². The first-order valence-electron chi connectivity index (χ1n) is 8.62. The minimum Gasteiger partial charge on any atom is -0.352 e. The van der Waals surface area contributed by atoms with Crippen molar-refractivity contribution >= 4 is 17.7 Å². The number of rotatable bonds is 10. The SMILES string of the molecule is CCC(=O)C(CCCNC(N)=O)NC(=O)C(NC(C)(C)C)C(C)C. The van der Waals surface area contributed by atoms with Crippen LogP contribution >= 0.6 is 0 Å². The van der Waals surface area contributed by atoms with Gasteiger partial charge in [0.2, 0.25) is 5.91 Å². The maximum absolute atomic E-state index is 12.6. The van der Waals surface area contributed by atoms with E-state index < -0.39 is 12.1 Å². The molecule has 0 aliphatic rings. The summed E-state index contributed by atoms with van der Waals surface area (Å²) >= 11 is 0. The van der Waals surface area contributed by atoms with E-state index in [2.05, 4.69) is 16.0 Å². The van der Waals surface area contributed by atoms with E-state index in [1.165, 1.54) is 0 Å². The summed E-state index contributed by atoms with van der Waals surface area (Å²) in [7, 11) is 0. The van der Waals surface area contributed by atoms with Gasteiger partial charge in [-0.05, 0) is 39.5 Å². The first kappa shape index (κ1) is 22.4. The van der Waals surface area contributed by atoms with Crippen molar-refractivity contribution in [3.05, 3.63) is 0 Å². The Morgan fingerprint density at radius 1 is 1.12 bits per heavy atom. The normalized spacial score (nSPS) is 14.1. The minimum absolute atomic E-state index is 0.0133. The van der Waals surface area contributed by atoms with E-state index in [1.807, 2.05) is 34.6 Å². The van der Waals surface area contributed by atoms with Crippen molar-refractivity contribution in [1.82, 2.24) is 16.0 Å². The van der Waals surface area contributed by atoms with Crippen LogP contribution in [0.15, 0.2) is 0 Å². The van der Waals surface area contributed by atoms with Crippen molar-refractivity contribution in [2.24, 2.45) is 11.7 Å². The molecule has 0 aromatic rings. The highest BCUT2D eigenvalue weighted by Gasteiger charge is 2.29. The lowest BCUT2D eigenvalue weighted by Crippen LogP contribution is -2.56. The Hall–Kier alpha value is -1.63. The van der Waals surface area contributed by atoms with E-state index in [9.17, 15) is 14.4 Å². The van der Waals surface area contributed by atoms with Gasteiger partial charge in [-0.1, -0.05) is 20.8 Å². The highest BCUT2D eigenvalue weighted by atomic mass is 16.2. The third-order valence-electron chi connectivity index (χ3n) is 3.56. The number of nitrogens with two attached hydrogens (primary N) is 1. The fraction of sp³-hybridized carbons (Fsp3) is 0.824. The Balaban J connectivity index is 4.82. The third kappa shape index (κ3) is 9.50. The molecule has 3 amide bonds. The quantitative estimate of drug-likeness (QED) is 0.448. The molecule has 0 aromatic heterocycles. The number of hydrogen-bond donors (Lipinski definition) is 4. The summed E-state index contributed by atoms with van der Waals surface area (Å²) in [5.41, 5.74) is 4.81. The van der Waals surface area contributed by atoms with Gasteiger partial charge in [0.15, 0.2) is 5.78 Å². The maximum atomic E-state index is 12.6. The van der Waals surface area contributed by atoms with Crippen LogP contribution in [0.1, 0.15) is 60.8 Å². The van der Waals surface area contributed by atoms with E-state index in [1.54, 1.807) is 6.92 Å². The van der Waals surface area contributed by atoms with Gasteiger partial charge in [0.05, 0.1) is 12.1 Å². The number of Topliss-reactive ketones (excluding diaryl/α,β-unsaturated/α-hetero) is 1. The number of carbonyl (C=O) groups excluding carboxylic acids is 3. The molecule has 0 radical (unpaired) electrons. The molecule has 0 aliphatic heterocycles. The zero-order chi connectivity index (χ0) is 18.9. The Morgan fingerprint density at radius 3 is 2.12 bits per heavy atom. The zero-order valence-electron chi connectivity index (χ0n) is 15.9. The standard InChI is InChI=1S/C17H34N4O3/c1-7-13(22)12(9-8-10-19-16(18)24)20-15(23)14(11(2)3)21-17(4,5)6/h11-12,14,21H,7-10H2,1-6H3,(H,20,23)(H3,18,19,24). The molecule has 140 valence electrons. The molecule has 0 spiro atoms. The second-order valence-corrected chi connectivity index (χ2v) is 7.43. The first-order chi connectivity index (χ1) is 11.0. The first-order valence-corrected chi connectivity index (χ1v) is 8.62. The van der Waals surface area contributed by atoms with Crippen LogP contribution in [0.5, 0.6) is 0 Å². The lowest BCUT2D eigenvalue weighted by atomic mass is 9.97. The monoisotopic (exact) mass is 342 g/mol. The number of ketones is 1. The summed E-state index contributed by atoms with van der Waals surface area (Å²) in [6.45, 7) is 12.1. The molecule has 0 fully saturated rings. The predicted molar refractivity (Wildman–Crippen MR) is 95.6 cm³/mol. The molecule has 0 saturated heterocycles. The van der Waals surface area contributed by atoms with Gasteiger partial charge in [0.1, 0.15) is 0 Å². The summed E-state index contributed by atoms with van der Waals surface area (Å²) < 4.78 is 0. The Bertz CT molecular complexity index is 430. The van der Waals surface area contributed by atoms with Gasteiger partial charge in [-0.15, -0.1) is 0 Å². The van der Waals surface area contributed by atoms with Crippen LogP contribution in [0.3, 0.4) is 0 Å². The van der Waals surface area contributed by atoms with Gasteiger partial charge in [-0.3, -0.25) is 9.59 Å². The minimum atomic E-state index is -0.591. The highest BCUT2D eigenvalue weighted by molar-refractivity contribution is 5.90. The van der Waals surface area contributed by atoms with E-state index >= 15 is 0 Å². The topological polar surface area (TPSA) is 113 Å². The van der Waals surface area contributed by atoms with Crippen LogP contribution in [-0.4, -0.2) is 41.9 Å². The summed E-state index contributed by atoms with van der Waals surface area (Å²) in [4.78, 5) is 35.4. The molecule has 7 nitrogen and oxygen atoms in total. The number of nitrogens with one attached hydrogen (secondary N) is 3. The molecule has 5 N–H and O–H groups in total. The fourth-order valence-corrected chi connectivity index (χ4v) is 2.34. The predicted octanol–water partition coefficient (Wildman–Crippen LogP) is 1.31. The van der Waals surface area contributed by atoms with E-state index in [-0.39, 0.29) is 29.2 Å². The summed E-state index contributed by atoms with van der Waals surface area (Å²) in [6.07, 6.45) is 1.39. The molecule has 7 heteroatoms. The summed E-state index contributed by atoms with van der Waals surface area (Å²) in [5, 5.41) is 8.65.